The number of carbonyl (C=O) groups is 1. The van der Waals surface area contributed by atoms with Crippen LogP contribution in [0.1, 0.15) is 45.2 Å². The molecule has 0 bridgehead atoms. The first-order chi connectivity index (χ1) is 13.9. The Kier molecular flexibility index (Phi) is 6.84. The fourth-order valence-electron chi connectivity index (χ4n) is 4.38. The maximum Gasteiger partial charge on any atom is 0.230 e. The van der Waals surface area contributed by atoms with Crippen molar-refractivity contribution in [2.24, 2.45) is 11.8 Å². The predicted molar refractivity (Wildman–Crippen MR) is 123 cm³/mol. The van der Waals surface area contributed by atoms with Crippen LogP contribution in [0.15, 0.2) is 30.5 Å². The van der Waals surface area contributed by atoms with Gasteiger partial charge in [-0.05, 0) is 56.0 Å². The summed E-state index contributed by atoms with van der Waals surface area (Å²) in [7, 11) is 2.15. The molecule has 1 N–H and O–H groups in total. The first-order valence-corrected chi connectivity index (χ1v) is 11.0. The van der Waals surface area contributed by atoms with Gasteiger partial charge < -0.3 is 9.88 Å². The highest BCUT2D eigenvalue weighted by Gasteiger charge is 2.36. The summed E-state index contributed by atoms with van der Waals surface area (Å²) < 4.78 is 0. The largest absolute Gasteiger partial charge is 0.361 e. The SMILES string of the molecule is CCN(CC)C(=O)[C@@H]1C=C2c3cccc4[nH]cc(c34)C[C@H]2N(C)C1.[CH2]CC(C)C. The molecule has 1 amide bonds. The van der Waals surface area contributed by atoms with Crippen LogP contribution in [0.25, 0.3) is 16.5 Å². The molecule has 1 aliphatic heterocycles. The van der Waals surface area contributed by atoms with Crippen molar-refractivity contribution in [3.63, 3.8) is 0 Å². The Bertz CT molecular complexity index is 875. The molecule has 1 aliphatic carbocycles. The Hall–Kier alpha value is -2.07. The van der Waals surface area contributed by atoms with Crippen molar-refractivity contribution < 1.29 is 4.79 Å². The summed E-state index contributed by atoms with van der Waals surface area (Å²) in [4.78, 5) is 20.6. The number of carbonyl (C=O) groups excluding carboxylic acids is 1. The molecule has 0 saturated heterocycles. The summed E-state index contributed by atoms with van der Waals surface area (Å²) >= 11 is 0. The van der Waals surface area contributed by atoms with Crippen molar-refractivity contribution >= 4 is 22.4 Å². The Morgan fingerprint density at radius 3 is 2.62 bits per heavy atom. The maximum atomic E-state index is 12.9. The normalized spacial score (nSPS) is 20.7. The van der Waals surface area contributed by atoms with Crippen LogP contribution in [0.4, 0.5) is 0 Å². The Morgan fingerprint density at radius 1 is 1.31 bits per heavy atom. The van der Waals surface area contributed by atoms with Gasteiger partial charge in [-0.25, -0.2) is 0 Å². The number of benzene rings is 1. The van der Waals surface area contributed by atoms with Gasteiger partial charge in [-0.15, -0.1) is 0 Å². The second-order valence-corrected chi connectivity index (χ2v) is 8.62. The number of aromatic nitrogens is 1. The van der Waals surface area contributed by atoms with Crippen molar-refractivity contribution in [1.29, 1.82) is 0 Å². The van der Waals surface area contributed by atoms with E-state index in [9.17, 15) is 4.79 Å². The Labute approximate surface area is 176 Å². The van der Waals surface area contributed by atoms with E-state index in [0.29, 0.717) is 6.04 Å². The van der Waals surface area contributed by atoms with Crippen LogP contribution in [0, 0.1) is 18.8 Å². The topological polar surface area (TPSA) is 39.3 Å². The van der Waals surface area contributed by atoms with Crippen molar-refractivity contribution in [2.45, 2.75) is 46.6 Å². The van der Waals surface area contributed by atoms with Crippen LogP contribution in [0.5, 0.6) is 0 Å². The number of rotatable bonds is 4. The van der Waals surface area contributed by atoms with Crippen LogP contribution in [-0.4, -0.2) is 53.4 Å². The molecule has 4 heteroatoms. The van der Waals surface area contributed by atoms with Crippen LogP contribution < -0.4 is 0 Å². The summed E-state index contributed by atoms with van der Waals surface area (Å²) in [6.07, 6.45) is 6.47. The smallest absolute Gasteiger partial charge is 0.230 e. The molecule has 1 radical (unpaired) electrons. The molecule has 0 unspecified atom stereocenters. The molecule has 0 saturated carbocycles. The minimum atomic E-state index is -0.0445. The zero-order valence-corrected chi connectivity index (χ0v) is 18.7. The first kappa shape index (κ1) is 21.6. The van der Waals surface area contributed by atoms with Crippen LogP contribution >= 0.6 is 0 Å². The summed E-state index contributed by atoms with van der Waals surface area (Å²) in [5.41, 5.74) is 5.21. The van der Waals surface area contributed by atoms with Crippen LogP contribution in [0.3, 0.4) is 0 Å². The van der Waals surface area contributed by atoms with Gasteiger partial charge in [0.15, 0.2) is 0 Å². The molecule has 0 spiro atoms. The molecule has 1 aromatic heterocycles. The van der Waals surface area contributed by atoms with Gasteiger partial charge in [-0.2, -0.15) is 0 Å². The third kappa shape index (κ3) is 4.28. The van der Waals surface area contributed by atoms with E-state index in [2.05, 4.69) is 82.0 Å². The number of nitrogens with zero attached hydrogens (tertiary/aromatic N) is 2. The standard InChI is InChI=1S/C20H25N3O.C5H11/c1-4-23(5-2)20(24)14-9-16-15-7-6-8-17-19(15)13(11-21-17)10-18(16)22(3)12-14;1-4-5(2)3/h6-9,11,14,18,21H,4-5,10,12H2,1-3H3;5H,1,4H2,2-3H3/t14-,18-;/m1./s1. The van der Waals surface area contributed by atoms with Gasteiger partial charge in [0.25, 0.3) is 0 Å². The van der Waals surface area contributed by atoms with Gasteiger partial charge in [-0.3, -0.25) is 9.69 Å². The molecule has 2 heterocycles. The number of H-pyrrole nitrogens is 1. The van der Waals surface area contributed by atoms with E-state index >= 15 is 0 Å². The average molecular weight is 395 g/mol. The van der Waals surface area contributed by atoms with Crippen molar-refractivity contribution in [3.8, 4) is 0 Å². The van der Waals surface area contributed by atoms with Crippen molar-refractivity contribution in [2.75, 3.05) is 26.7 Å². The van der Waals surface area contributed by atoms with Gasteiger partial charge >= 0.3 is 0 Å². The average Bonchev–Trinajstić information content (AvgIpc) is 3.14. The second-order valence-electron chi connectivity index (χ2n) is 8.62. The lowest BCUT2D eigenvalue weighted by Gasteiger charge is -2.40. The monoisotopic (exact) mass is 394 g/mol. The Balaban J connectivity index is 0.000000431. The van der Waals surface area contributed by atoms with E-state index in [0.717, 1.165) is 38.4 Å². The Morgan fingerprint density at radius 2 is 2.00 bits per heavy atom. The molecule has 157 valence electrons. The first-order valence-electron chi connectivity index (χ1n) is 11.0. The number of hydrogen-bond acceptors (Lipinski definition) is 2. The molecule has 2 atom stereocenters. The predicted octanol–water partition coefficient (Wildman–Crippen LogP) is 4.77. The molecule has 0 fully saturated rings. The fourth-order valence-corrected chi connectivity index (χ4v) is 4.38. The highest BCUT2D eigenvalue weighted by Crippen LogP contribution is 2.40. The number of aromatic amines is 1. The molecule has 1 aromatic carbocycles. The number of fused-ring (bicyclic) bond motifs is 2. The van der Waals surface area contributed by atoms with E-state index in [-0.39, 0.29) is 11.8 Å². The number of hydrogen-bond donors (Lipinski definition) is 1. The lowest BCUT2D eigenvalue weighted by Crippen LogP contribution is -2.47. The van der Waals surface area contributed by atoms with E-state index in [1.807, 2.05) is 4.90 Å². The number of amides is 1. The van der Waals surface area contributed by atoms with E-state index in [4.69, 9.17) is 0 Å². The third-order valence-electron chi connectivity index (χ3n) is 6.24. The van der Waals surface area contributed by atoms with Gasteiger partial charge in [-0.1, -0.05) is 45.4 Å². The van der Waals surface area contributed by atoms with Crippen LogP contribution in [-0.2, 0) is 11.2 Å². The lowest BCUT2D eigenvalue weighted by molar-refractivity contribution is -0.134. The zero-order valence-electron chi connectivity index (χ0n) is 18.7. The number of likely N-dealkylation sites (N-methyl/N-ethyl adjacent to an activating group) is 1. The van der Waals surface area contributed by atoms with Crippen LogP contribution in [0.2, 0.25) is 0 Å². The van der Waals surface area contributed by atoms with E-state index in [1.165, 1.54) is 27.6 Å². The van der Waals surface area contributed by atoms with E-state index in [1.54, 1.807) is 0 Å². The minimum absolute atomic E-state index is 0.0445. The second kappa shape index (κ2) is 9.17. The van der Waals surface area contributed by atoms with Crippen molar-refractivity contribution in [1.82, 2.24) is 14.8 Å². The quantitative estimate of drug-likeness (QED) is 0.811. The lowest BCUT2D eigenvalue weighted by atomic mass is 9.79. The van der Waals surface area contributed by atoms with E-state index < -0.39 is 0 Å². The number of nitrogens with one attached hydrogen (secondary N) is 1. The molecule has 29 heavy (non-hydrogen) atoms. The van der Waals surface area contributed by atoms with Gasteiger partial charge in [0.1, 0.15) is 0 Å². The summed E-state index contributed by atoms with van der Waals surface area (Å²) in [6.45, 7) is 14.5. The summed E-state index contributed by atoms with van der Waals surface area (Å²) in [6, 6.07) is 6.82. The summed E-state index contributed by atoms with van der Waals surface area (Å²) in [5, 5.41) is 1.34. The zero-order chi connectivity index (χ0) is 21.1. The molecular weight excluding hydrogens is 358 g/mol. The van der Waals surface area contributed by atoms with Gasteiger partial charge in [0.2, 0.25) is 5.91 Å². The highest BCUT2D eigenvalue weighted by molar-refractivity contribution is 5.99. The third-order valence-corrected chi connectivity index (χ3v) is 6.24. The summed E-state index contributed by atoms with van der Waals surface area (Å²) in [5.74, 6) is 0.983. The molecule has 2 aliphatic rings. The van der Waals surface area contributed by atoms with Gasteiger partial charge in [0, 0.05) is 42.8 Å². The van der Waals surface area contributed by atoms with Crippen molar-refractivity contribution in [3.05, 3.63) is 48.5 Å². The maximum absolute atomic E-state index is 12.9. The molecule has 4 nitrogen and oxygen atoms in total. The fraction of sp³-hybridized carbons (Fsp3) is 0.520. The molecular formula is C25H36N3O. The molecule has 4 rings (SSSR count). The highest BCUT2D eigenvalue weighted by atomic mass is 16.2. The minimum Gasteiger partial charge on any atom is -0.361 e. The van der Waals surface area contributed by atoms with Gasteiger partial charge in [0.05, 0.1) is 5.92 Å². The molecule has 2 aromatic rings.